The van der Waals surface area contributed by atoms with E-state index in [0.29, 0.717) is 37.7 Å². The van der Waals surface area contributed by atoms with E-state index >= 15 is 0 Å². The number of nitrogens with zero attached hydrogens (tertiary/aromatic N) is 4. The number of anilines is 2. The summed E-state index contributed by atoms with van der Waals surface area (Å²) >= 11 is 0. The van der Waals surface area contributed by atoms with Crippen molar-refractivity contribution < 1.29 is 22.6 Å². The fraction of sp³-hybridized carbons (Fsp3) is 0.417. The summed E-state index contributed by atoms with van der Waals surface area (Å²) in [7, 11) is 5.74. The van der Waals surface area contributed by atoms with Crippen molar-refractivity contribution >= 4 is 22.3 Å². The number of aromatic nitrogens is 2. The summed E-state index contributed by atoms with van der Waals surface area (Å²) in [6.45, 7) is 1.84. The molecule has 1 unspecified atom stereocenters. The molecule has 1 atom stereocenters. The molecule has 4 rings (SSSR count). The molecule has 0 aliphatic carbocycles. The molecule has 7 nitrogen and oxygen atoms in total. The van der Waals surface area contributed by atoms with Gasteiger partial charge in [-0.1, -0.05) is 0 Å². The molecule has 0 spiro atoms. The number of rotatable bonds is 8. The zero-order valence-corrected chi connectivity index (χ0v) is 19.4. The Balaban J connectivity index is 1.69. The minimum absolute atomic E-state index is 0.157. The Bertz CT molecular complexity index is 1120. The fourth-order valence-electron chi connectivity index (χ4n) is 3.99. The maximum Gasteiger partial charge on any atom is 0.522 e. The molecule has 1 aliphatic rings. The minimum atomic E-state index is -4.64. The molecular formula is C24H28F3N5O2. The van der Waals surface area contributed by atoms with E-state index in [9.17, 15) is 13.2 Å². The number of hydrogen-bond donors (Lipinski definition) is 1. The molecule has 0 bridgehead atoms. The van der Waals surface area contributed by atoms with Crippen LogP contribution in [0.4, 0.5) is 24.5 Å². The quantitative estimate of drug-likeness (QED) is 0.493. The number of hydrogen-bond acceptors (Lipinski definition) is 7. The molecule has 1 N–H and O–H groups in total. The van der Waals surface area contributed by atoms with Crippen LogP contribution in [0, 0.1) is 0 Å². The molecule has 1 aromatic carbocycles. The van der Waals surface area contributed by atoms with Crippen molar-refractivity contribution in [2.75, 3.05) is 57.2 Å². The van der Waals surface area contributed by atoms with Crippen LogP contribution in [0.5, 0.6) is 5.88 Å². The lowest BCUT2D eigenvalue weighted by molar-refractivity contribution is -0.339. The number of likely N-dealkylation sites (N-methyl/N-ethyl adjacent to an activating group) is 1. The maximum atomic E-state index is 12.7. The van der Waals surface area contributed by atoms with Gasteiger partial charge in [0.2, 0.25) is 5.88 Å². The number of fused-ring (bicyclic) bond motifs is 1. The number of nitrogens with one attached hydrogen (secondary N) is 1. The molecule has 10 heteroatoms. The molecule has 0 radical (unpaired) electrons. The summed E-state index contributed by atoms with van der Waals surface area (Å²) in [6, 6.07) is 11.5. The normalized spacial score (nSPS) is 16.3. The Kier molecular flexibility index (Phi) is 7.08. The topological polar surface area (TPSA) is 62.8 Å². The van der Waals surface area contributed by atoms with Crippen LogP contribution in [0.25, 0.3) is 22.2 Å². The van der Waals surface area contributed by atoms with Crippen molar-refractivity contribution in [1.29, 1.82) is 0 Å². The van der Waals surface area contributed by atoms with Crippen LogP contribution in [0.1, 0.15) is 6.42 Å². The van der Waals surface area contributed by atoms with Gasteiger partial charge in [0.05, 0.1) is 17.3 Å². The van der Waals surface area contributed by atoms with Crippen LogP contribution in [0.15, 0.2) is 42.6 Å². The Morgan fingerprint density at radius 2 is 2.00 bits per heavy atom. The van der Waals surface area contributed by atoms with E-state index in [1.54, 1.807) is 12.3 Å². The SMILES string of the molecule is CNCCOc1ccc(-c2cc(N3CCC(OC(F)(F)F)C3)c3ccc(N(C)C)cc3n2)cn1. The highest BCUT2D eigenvalue weighted by Crippen LogP contribution is 2.35. The van der Waals surface area contributed by atoms with Crippen LogP contribution < -0.4 is 19.9 Å². The van der Waals surface area contributed by atoms with Crippen molar-refractivity contribution in [2.45, 2.75) is 18.9 Å². The predicted octanol–water partition coefficient (Wildman–Crippen LogP) is 4.08. The average molecular weight is 476 g/mol. The zero-order valence-electron chi connectivity index (χ0n) is 19.4. The monoisotopic (exact) mass is 475 g/mol. The first-order valence-electron chi connectivity index (χ1n) is 11.1. The third-order valence-corrected chi connectivity index (χ3v) is 5.71. The van der Waals surface area contributed by atoms with Crippen LogP contribution in [0.2, 0.25) is 0 Å². The Labute approximate surface area is 196 Å². The lowest BCUT2D eigenvalue weighted by atomic mass is 10.1. The van der Waals surface area contributed by atoms with Crippen LogP contribution in [-0.4, -0.2) is 69.8 Å². The molecule has 1 aliphatic heterocycles. The van der Waals surface area contributed by atoms with Crippen molar-refractivity contribution in [3.8, 4) is 17.1 Å². The summed E-state index contributed by atoms with van der Waals surface area (Å²) in [5.74, 6) is 0.515. The lowest BCUT2D eigenvalue weighted by Gasteiger charge is -2.23. The summed E-state index contributed by atoms with van der Waals surface area (Å²) in [4.78, 5) is 13.1. The summed E-state index contributed by atoms with van der Waals surface area (Å²) < 4.78 is 48.1. The molecule has 182 valence electrons. The number of ether oxygens (including phenoxy) is 2. The highest BCUT2D eigenvalue weighted by Gasteiger charge is 2.37. The van der Waals surface area contributed by atoms with Gasteiger partial charge in [-0.2, -0.15) is 0 Å². The molecule has 1 fully saturated rings. The standard InChI is InChI=1S/C24H28F3N5O2/c1-28-9-11-33-23-7-4-16(14-29-23)20-13-22(32-10-8-18(15-32)34-24(25,26)27)19-6-5-17(31(2)3)12-21(19)30-20/h4-7,12-14,18,28H,8-11,15H2,1-3H3. The van der Waals surface area contributed by atoms with Gasteiger partial charge in [-0.05, 0) is 43.8 Å². The summed E-state index contributed by atoms with van der Waals surface area (Å²) in [5.41, 5.74) is 4.05. The van der Waals surface area contributed by atoms with Crippen LogP contribution in [0.3, 0.4) is 0 Å². The van der Waals surface area contributed by atoms with Gasteiger partial charge in [0.15, 0.2) is 0 Å². The first-order valence-corrected chi connectivity index (χ1v) is 11.1. The second-order valence-corrected chi connectivity index (χ2v) is 8.38. The number of pyridine rings is 2. The van der Waals surface area contributed by atoms with Crippen molar-refractivity contribution in [3.63, 3.8) is 0 Å². The number of halogens is 3. The molecule has 34 heavy (non-hydrogen) atoms. The van der Waals surface area contributed by atoms with E-state index in [1.807, 2.05) is 61.3 Å². The molecule has 0 saturated carbocycles. The van der Waals surface area contributed by atoms with Gasteiger partial charge in [-0.3, -0.25) is 4.74 Å². The highest BCUT2D eigenvalue weighted by molar-refractivity contribution is 5.96. The molecule has 2 aromatic heterocycles. The minimum Gasteiger partial charge on any atom is -0.476 e. The molecular weight excluding hydrogens is 447 g/mol. The third-order valence-electron chi connectivity index (χ3n) is 5.71. The molecule has 1 saturated heterocycles. The maximum absolute atomic E-state index is 12.7. The molecule has 0 amide bonds. The van der Waals surface area contributed by atoms with Gasteiger partial charge < -0.3 is 19.9 Å². The smallest absolute Gasteiger partial charge is 0.476 e. The van der Waals surface area contributed by atoms with Crippen LogP contribution >= 0.6 is 0 Å². The van der Waals surface area contributed by atoms with Crippen molar-refractivity contribution in [1.82, 2.24) is 15.3 Å². The second-order valence-electron chi connectivity index (χ2n) is 8.38. The van der Waals surface area contributed by atoms with E-state index in [1.165, 1.54) is 0 Å². The van der Waals surface area contributed by atoms with Crippen LogP contribution in [-0.2, 0) is 4.74 Å². The Morgan fingerprint density at radius 1 is 1.18 bits per heavy atom. The number of alkyl halides is 3. The third kappa shape index (κ3) is 5.68. The second kappa shape index (κ2) is 10.0. The predicted molar refractivity (Wildman–Crippen MR) is 126 cm³/mol. The molecule has 3 aromatic rings. The average Bonchev–Trinajstić information content (AvgIpc) is 3.25. The largest absolute Gasteiger partial charge is 0.522 e. The lowest BCUT2D eigenvalue weighted by Crippen LogP contribution is -2.28. The van der Waals surface area contributed by atoms with Gasteiger partial charge in [0.25, 0.3) is 0 Å². The van der Waals surface area contributed by atoms with Gasteiger partial charge in [0.1, 0.15) is 6.61 Å². The highest BCUT2D eigenvalue weighted by atomic mass is 19.4. The summed E-state index contributed by atoms with van der Waals surface area (Å²) in [6.07, 6.45) is -3.55. The fourth-order valence-corrected chi connectivity index (χ4v) is 3.99. The van der Waals surface area contributed by atoms with E-state index in [2.05, 4.69) is 15.0 Å². The van der Waals surface area contributed by atoms with Gasteiger partial charge in [-0.15, -0.1) is 13.2 Å². The Morgan fingerprint density at radius 3 is 2.68 bits per heavy atom. The first kappa shape index (κ1) is 24.0. The first-order chi connectivity index (χ1) is 16.2. The summed E-state index contributed by atoms with van der Waals surface area (Å²) in [5, 5.41) is 3.89. The van der Waals surface area contributed by atoms with Gasteiger partial charge >= 0.3 is 6.36 Å². The molecule has 3 heterocycles. The van der Waals surface area contributed by atoms with Gasteiger partial charge in [-0.25, -0.2) is 9.97 Å². The van der Waals surface area contributed by atoms with Gasteiger partial charge in [0, 0.05) is 68.3 Å². The van der Waals surface area contributed by atoms with E-state index < -0.39 is 12.5 Å². The van der Waals surface area contributed by atoms with E-state index in [-0.39, 0.29) is 6.54 Å². The van der Waals surface area contributed by atoms with E-state index in [4.69, 9.17) is 9.72 Å². The Hall–Kier alpha value is -3.11. The van der Waals surface area contributed by atoms with Crippen molar-refractivity contribution in [3.05, 3.63) is 42.6 Å². The number of benzene rings is 1. The van der Waals surface area contributed by atoms with E-state index in [0.717, 1.165) is 27.8 Å². The van der Waals surface area contributed by atoms with Crippen molar-refractivity contribution in [2.24, 2.45) is 0 Å². The zero-order chi connectivity index (χ0) is 24.3.